The highest BCUT2D eigenvalue weighted by molar-refractivity contribution is 5.76. The molecule has 2 aromatic rings. The lowest BCUT2D eigenvalue weighted by Crippen LogP contribution is -2.46. The van der Waals surface area contributed by atoms with Crippen molar-refractivity contribution in [3.8, 4) is 11.5 Å². The molecule has 1 aromatic heterocycles. The van der Waals surface area contributed by atoms with Crippen molar-refractivity contribution in [3.63, 3.8) is 0 Å². The van der Waals surface area contributed by atoms with Crippen LogP contribution in [0.2, 0.25) is 0 Å². The third-order valence-electron chi connectivity index (χ3n) is 4.68. The first-order chi connectivity index (χ1) is 13.5. The van der Waals surface area contributed by atoms with Crippen LogP contribution in [0.25, 0.3) is 11.5 Å². The molecule has 1 saturated heterocycles. The van der Waals surface area contributed by atoms with Crippen LogP contribution in [0, 0.1) is 6.92 Å². The predicted octanol–water partition coefficient (Wildman–Crippen LogP) is 2.71. The highest BCUT2D eigenvalue weighted by Gasteiger charge is 2.24. The molecule has 150 valence electrons. The second-order valence-corrected chi connectivity index (χ2v) is 6.90. The molecule has 0 bridgehead atoms. The van der Waals surface area contributed by atoms with E-state index in [-0.39, 0.29) is 24.5 Å². The number of carbonyl (C=O) groups excluding carboxylic acids is 2. The first-order valence-electron chi connectivity index (χ1n) is 9.65. The van der Waals surface area contributed by atoms with Crippen molar-refractivity contribution >= 4 is 12.0 Å². The number of aromatic nitrogens is 2. The summed E-state index contributed by atoms with van der Waals surface area (Å²) in [5.74, 6) is 0.860. The van der Waals surface area contributed by atoms with E-state index in [0.717, 1.165) is 24.0 Å². The molecule has 8 nitrogen and oxygen atoms in total. The van der Waals surface area contributed by atoms with E-state index in [1.807, 2.05) is 31.2 Å². The van der Waals surface area contributed by atoms with E-state index >= 15 is 0 Å². The maximum atomic E-state index is 12.2. The molecule has 0 aliphatic carbocycles. The summed E-state index contributed by atoms with van der Waals surface area (Å²) in [5.41, 5.74) is 1.99. The third kappa shape index (κ3) is 5.31. The van der Waals surface area contributed by atoms with Crippen LogP contribution in [0.15, 0.2) is 28.7 Å². The van der Waals surface area contributed by atoms with Crippen LogP contribution in [-0.4, -0.2) is 52.8 Å². The van der Waals surface area contributed by atoms with Gasteiger partial charge in [0.15, 0.2) is 0 Å². The van der Waals surface area contributed by atoms with Crippen molar-refractivity contribution in [1.82, 2.24) is 20.4 Å². The molecule has 1 aliphatic rings. The highest BCUT2D eigenvalue weighted by atomic mass is 16.6. The third-order valence-corrected chi connectivity index (χ3v) is 4.68. The van der Waals surface area contributed by atoms with Crippen LogP contribution >= 0.6 is 0 Å². The molecule has 0 saturated carbocycles. The molecular weight excluding hydrogens is 360 g/mol. The number of nitrogens with one attached hydrogen (secondary N) is 1. The van der Waals surface area contributed by atoms with Crippen molar-refractivity contribution in [2.24, 2.45) is 0 Å². The number of ether oxygens (including phenoxy) is 1. The molecule has 2 heterocycles. The minimum Gasteiger partial charge on any atom is -0.450 e. The summed E-state index contributed by atoms with van der Waals surface area (Å²) < 4.78 is 10.7. The number of nitrogens with zero attached hydrogens (tertiary/aromatic N) is 3. The molecule has 2 amide bonds. The van der Waals surface area contributed by atoms with Gasteiger partial charge in [-0.05, 0) is 38.8 Å². The van der Waals surface area contributed by atoms with Gasteiger partial charge in [-0.25, -0.2) is 4.79 Å². The number of amides is 2. The predicted molar refractivity (Wildman–Crippen MR) is 103 cm³/mol. The number of rotatable bonds is 6. The van der Waals surface area contributed by atoms with Crippen LogP contribution in [0.1, 0.15) is 37.6 Å². The molecule has 0 spiro atoms. The SMILES string of the molecule is CCOC(=O)N1CCC(NC(=O)CCc2nnc(-c3cccc(C)c3)o2)CC1. The normalized spacial score (nSPS) is 14.7. The van der Waals surface area contributed by atoms with Gasteiger partial charge < -0.3 is 19.4 Å². The zero-order valence-corrected chi connectivity index (χ0v) is 16.3. The fourth-order valence-electron chi connectivity index (χ4n) is 3.19. The van der Waals surface area contributed by atoms with Crippen molar-refractivity contribution in [1.29, 1.82) is 0 Å². The average Bonchev–Trinajstić information content (AvgIpc) is 3.16. The summed E-state index contributed by atoms with van der Waals surface area (Å²) in [6, 6.07) is 7.91. The second kappa shape index (κ2) is 9.34. The molecule has 0 atom stereocenters. The molecule has 1 N–H and O–H groups in total. The molecule has 1 aromatic carbocycles. The molecule has 0 radical (unpaired) electrons. The average molecular weight is 386 g/mol. The van der Waals surface area contributed by atoms with E-state index in [1.165, 1.54) is 0 Å². The van der Waals surface area contributed by atoms with Crippen molar-refractivity contribution in [3.05, 3.63) is 35.7 Å². The quantitative estimate of drug-likeness (QED) is 0.820. The number of hydrogen-bond donors (Lipinski definition) is 1. The van der Waals surface area contributed by atoms with Gasteiger partial charge >= 0.3 is 6.09 Å². The Bertz CT molecular complexity index is 812. The molecule has 1 aliphatic heterocycles. The summed E-state index contributed by atoms with van der Waals surface area (Å²) in [7, 11) is 0. The van der Waals surface area contributed by atoms with Crippen molar-refractivity contribution in [2.45, 2.75) is 45.6 Å². The standard InChI is InChI=1S/C20H26N4O4/c1-3-27-20(26)24-11-9-16(10-12-24)21-17(25)7-8-18-22-23-19(28-18)15-6-4-5-14(2)13-15/h4-6,13,16H,3,7-12H2,1-2H3,(H,21,25). The molecular formula is C20H26N4O4. The summed E-state index contributed by atoms with van der Waals surface area (Å²) in [6.07, 6.45) is 1.85. The fourth-order valence-corrected chi connectivity index (χ4v) is 3.19. The maximum absolute atomic E-state index is 12.2. The Morgan fingerprint density at radius 2 is 2.07 bits per heavy atom. The van der Waals surface area contributed by atoms with Crippen molar-refractivity contribution < 1.29 is 18.7 Å². The topological polar surface area (TPSA) is 97.6 Å². The minimum absolute atomic E-state index is 0.0510. The van der Waals surface area contributed by atoms with Gasteiger partial charge in [-0.15, -0.1) is 10.2 Å². The number of carbonyl (C=O) groups is 2. The Kier molecular flexibility index (Phi) is 6.62. The van der Waals surface area contributed by atoms with Gasteiger partial charge in [0.1, 0.15) is 0 Å². The second-order valence-electron chi connectivity index (χ2n) is 6.90. The fraction of sp³-hybridized carbons (Fsp3) is 0.500. The van der Waals surface area contributed by atoms with E-state index in [0.29, 0.717) is 37.9 Å². The lowest BCUT2D eigenvalue weighted by atomic mass is 10.1. The van der Waals surface area contributed by atoms with E-state index in [9.17, 15) is 9.59 Å². The lowest BCUT2D eigenvalue weighted by Gasteiger charge is -2.31. The van der Waals surface area contributed by atoms with E-state index < -0.39 is 0 Å². The van der Waals surface area contributed by atoms with Gasteiger partial charge in [0.2, 0.25) is 17.7 Å². The molecule has 3 rings (SSSR count). The Morgan fingerprint density at radius 1 is 1.29 bits per heavy atom. The monoisotopic (exact) mass is 386 g/mol. The number of piperidine rings is 1. The highest BCUT2D eigenvalue weighted by Crippen LogP contribution is 2.19. The molecule has 0 unspecified atom stereocenters. The lowest BCUT2D eigenvalue weighted by molar-refractivity contribution is -0.122. The van der Waals surface area contributed by atoms with Crippen LogP contribution in [0.4, 0.5) is 4.79 Å². The van der Waals surface area contributed by atoms with Crippen LogP contribution < -0.4 is 5.32 Å². The molecule has 28 heavy (non-hydrogen) atoms. The zero-order valence-electron chi connectivity index (χ0n) is 16.3. The van der Waals surface area contributed by atoms with Gasteiger partial charge in [-0.2, -0.15) is 0 Å². The number of hydrogen-bond acceptors (Lipinski definition) is 6. The van der Waals surface area contributed by atoms with Crippen molar-refractivity contribution in [2.75, 3.05) is 19.7 Å². The molecule has 1 fully saturated rings. The van der Waals surface area contributed by atoms with Gasteiger partial charge in [-0.1, -0.05) is 17.7 Å². The van der Waals surface area contributed by atoms with Gasteiger partial charge in [0.05, 0.1) is 6.61 Å². The Morgan fingerprint density at radius 3 is 2.79 bits per heavy atom. The largest absolute Gasteiger partial charge is 0.450 e. The Labute approximate surface area is 164 Å². The first kappa shape index (κ1) is 19.9. The van der Waals surface area contributed by atoms with E-state index in [1.54, 1.807) is 11.8 Å². The smallest absolute Gasteiger partial charge is 0.409 e. The van der Waals surface area contributed by atoms with Gasteiger partial charge in [-0.3, -0.25) is 4.79 Å². The Balaban J connectivity index is 1.42. The zero-order chi connectivity index (χ0) is 19.9. The minimum atomic E-state index is -0.284. The Hall–Kier alpha value is -2.90. The van der Waals surface area contributed by atoms with Crippen LogP contribution in [-0.2, 0) is 16.0 Å². The number of aryl methyl sites for hydroxylation is 2. The summed E-state index contributed by atoms with van der Waals surface area (Å²) in [6.45, 7) is 5.35. The summed E-state index contributed by atoms with van der Waals surface area (Å²) in [5, 5.41) is 11.1. The van der Waals surface area contributed by atoms with E-state index in [2.05, 4.69) is 15.5 Å². The van der Waals surface area contributed by atoms with Gasteiger partial charge in [0, 0.05) is 37.5 Å². The summed E-state index contributed by atoms with van der Waals surface area (Å²) in [4.78, 5) is 25.6. The van der Waals surface area contributed by atoms with Gasteiger partial charge in [0.25, 0.3) is 0 Å². The number of likely N-dealkylation sites (tertiary alicyclic amines) is 1. The van der Waals surface area contributed by atoms with Crippen LogP contribution in [0.5, 0.6) is 0 Å². The maximum Gasteiger partial charge on any atom is 0.409 e. The first-order valence-corrected chi connectivity index (χ1v) is 9.65. The molecule has 8 heteroatoms. The van der Waals surface area contributed by atoms with Crippen LogP contribution in [0.3, 0.4) is 0 Å². The van der Waals surface area contributed by atoms with E-state index in [4.69, 9.17) is 9.15 Å². The number of benzene rings is 1. The summed E-state index contributed by atoms with van der Waals surface area (Å²) >= 11 is 0.